The van der Waals surface area contributed by atoms with Gasteiger partial charge in [0.2, 0.25) is 0 Å². The number of carboxylic acids is 2. The predicted molar refractivity (Wildman–Crippen MR) is 302 cm³/mol. The summed E-state index contributed by atoms with van der Waals surface area (Å²) in [6.45, 7) is 0.767. The smallest absolute Gasteiger partial charge is 0.315 e. The molecule has 1 aliphatic heterocycles. The number of nitriles is 1. The highest BCUT2D eigenvalue weighted by molar-refractivity contribution is 5.90. The van der Waals surface area contributed by atoms with Gasteiger partial charge in [0.25, 0.3) is 0 Å². The molecule has 0 bridgehead atoms. The first-order chi connectivity index (χ1) is 40.0. The number of carbonyl (C=O) groups excluding carboxylic acids is 2. The van der Waals surface area contributed by atoms with Crippen molar-refractivity contribution in [2.75, 3.05) is 41.7 Å². The lowest BCUT2D eigenvalue weighted by Crippen LogP contribution is -2.52. The molecule has 8 aromatic rings. The number of ether oxygens (including phenoxy) is 8. The van der Waals surface area contributed by atoms with Crippen molar-refractivity contribution in [1.29, 1.82) is 5.26 Å². The fourth-order valence-electron chi connectivity index (χ4n) is 12.5. The van der Waals surface area contributed by atoms with Crippen LogP contribution in [0.2, 0.25) is 0 Å². The van der Waals surface area contributed by atoms with Crippen LogP contribution in [-0.4, -0.2) is 75.7 Å². The maximum absolute atomic E-state index is 15.3. The molecule has 412 valence electrons. The number of carboxylic acid groups (broad SMARTS) is 2. The summed E-state index contributed by atoms with van der Waals surface area (Å²) in [7, 11) is 5.87. The minimum absolute atomic E-state index is 0.0521. The second-order valence-corrected chi connectivity index (χ2v) is 20.1. The van der Waals surface area contributed by atoms with Crippen LogP contribution in [-0.2, 0) is 19.2 Å². The number of hydrogen-bond acceptors (Lipinski definition) is 13. The van der Waals surface area contributed by atoms with Crippen molar-refractivity contribution in [2.24, 2.45) is 23.7 Å². The van der Waals surface area contributed by atoms with Gasteiger partial charge in [0.15, 0.2) is 11.5 Å². The molecule has 15 nitrogen and oxygen atoms in total. The Bertz CT molecular complexity index is 3760. The SMILES string of the molecule is COc1ccccc1C1[C@@H](C(=O)O)[C@H](c2cc(-c3cc(-c4ccccc4)cc(OC(=O)C4C(c5ccccc5OC)[C@@H](C(=O)O)[C@@H]4c4ccccc4OC)c3C#N)ccc2OC)[C@@H]1C(=O)Oc1cccc(-c2cccc3c2OCCO3)c1. The Balaban J connectivity index is 1.03. The molecule has 3 unspecified atom stereocenters. The van der Waals surface area contributed by atoms with E-state index in [1.54, 1.807) is 121 Å². The summed E-state index contributed by atoms with van der Waals surface area (Å²) in [5, 5.41) is 33.5. The summed E-state index contributed by atoms with van der Waals surface area (Å²) in [4.78, 5) is 57.7. The average molecular weight is 1100 g/mol. The third-order valence-electron chi connectivity index (χ3n) is 16.1. The number of methoxy groups -OCH3 is 4. The zero-order valence-electron chi connectivity index (χ0n) is 45.0. The quantitative estimate of drug-likeness (QED) is 0.0642. The van der Waals surface area contributed by atoms with Crippen LogP contribution in [0.5, 0.6) is 46.0 Å². The number of hydrogen-bond donors (Lipinski definition) is 2. The van der Waals surface area contributed by atoms with Crippen molar-refractivity contribution in [3.05, 3.63) is 204 Å². The summed E-state index contributed by atoms with van der Waals surface area (Å²) in [5.74, 6) is -9.69. The molecule has 82 heavy (non-hydrogen) atoms. The van der Waals surface area contributed by atoms with Gasteiger partial charge in [-0.1, -0.05) is 115 Å². The molecule has 2 aliphatic carbocycles. The van der Waals surface area contributed by atoms with Crippen molar-refractivity contribution < 1.29 is 67.3 Å². The van der Waals surface area contributed by atoms with E-state index in [0.717, 1.165) is 5.56 Å². The minimum Gasteiger partial charge on any atom is -0.496 e. The Morgan fingerprint density at radius 3 is 1.49 bits per heavy atom. The number of para-hydroxylation sites is 4. The second-order valence-electron chi connectivity index (χ2n) is 20.1. The molecule has 2 fully saturated rings. The van der Waals surface area contributed by atoms with Crippen LogP contribution in [0, 0.1) is 35.0 Å². The molecule has 0 spiro atoms. The van der Waals surface area contributed by atoms with Gasteiger partial charge >= 0.3 is 23.9 Å². The van der Waals surface area contributed by atoms with Crippen LogP contribution in [0.1, 0.15) is 51.5 Å². The number of nitrogens with zero attached hydrogens (tertiary/aromatic N) is 1. The van der Waals surface area contributed by atoms with E-state index in [0.29, 0.717) is 92.0 Å². The minimum atomic E-state index is -1.23. The lowest BCUT2D eigenvalue weighted by Gasteiger charge is -2.49. The summed E-state index contributed by atoms with van der Waals surface area (Å²) < 4.78 is 47.9. The molecule has 8 aromatic carbocycles. The molecule has 15 heteroatoms. The molecule has 8 atom stereocenters. The maximum Gasteiger partial charge on any atom is 0.315 e. The third-order valence-corrected chi connectivity index (χ3v) is 16.1. The third kappa shape index (κ3) is 9.72. The first-order valence-corrected chi connectivity index (χ1v) is 26.6. The summed E-state index contributed by atoms with van der Waals surface area (Å²) in [6, 6.07) is 53.4. The van der Waals surface area contributed by atoms with E-state index in [2.05, 4.69) is 6.07 Å². The number of aliphatic carboxylic acids is 2. The van der Waals surface area contributed by atoms with Crippen LogP contribution < -0.4 is 37.9 Å². The topological polar surface area (TPSA) is 206 Å². The van der Waals surface area contributed by atoms with Crippen LogP contribution in [0.4, 0.5) is 0 Å². The predicted octanol–water partition coefficient (Wildman–Crippen LogP) is 12.0. The molecule has 0 aromatic heterocycles. The molecule has 0 saturated heterocycles. The van der Waals surface area contributed by atoms with Crippen molar-refractivity contribution in [2.45, 2.75) is 23.7 Å². The van der Waals surface area contributed by atoms with Gasteiger partial charge in [-0.25, -0.2) is 0 Å². The first-order valence-electron chi connectivity index (χ1n) is 26.6. The fourth-order valence-corrected chi connectivity index (χ4v) is 12.5. The molecule has 1 heterocycles. The first kappa shape index (κ1) is 53.9. The van der Waals surface area contributed by atoms with Crippen LogP contribution in [0.3, 0.4) is 0 Å². The lowest BCUT2D eigenvalue weighted by molar-refractivity contribution is -0.160. The zero-order valence-corrected chi connectivity index (χ0v) is 45.0. The molecule has 3 aliphatic rings. The van der Waals surface area contributed by atoms with Gasteiger partial charge in [0.05, 0.1) is 52.1 Å². The molecule has 11 rings (SSSR count). The van der Waals surface area contributed by atoms with E-state index in [1.807, 2.05) is 54.6 Å². The van der Waals surface area contributed by atoms with Crippen molar-refractivity contribution >= 4 is 23.9 Å². The Morgan fingerprint density at radius 2 is 0.927 bits per heavy atom. The second kappa shape index (κ2) is 23.0. The maximum atomic E-state index is 15.3. The Kier molecular flexibility index (Phi) is 15.1. The summed E-state index contributed by atoms with van der Waals surface area (Å²) in [6.07, 6.45) is 0. The molecule has 2 saturated carbocycles. The Hall–Kier alpha value is -10.1. The number of carbonyl (C=O) groups is 4. The number of fused-ring (bicyclic) bond motifs is 1. The number of esters is 2. The number of benzene rings is 8. The van der Waals surface area contributed by atoms with Gasteiger partial charge in [-0.05, 0) is 105 Å². The zero-order chi connectivity index (χ0) is 57.2. The fraction of sp³-hybridized carbons (Fsp3) is 0.209. The van der Waals surface area contributed by atoms with E-state index >= 15 is 9.59 Å². The van der Waals surface area contributed by atoms with Crippen molar-refractivity contribution in [3.8, 4) is 85.4 Å². The highest BCUT2D eigenvalue weighted by Crippen LogP contribution is 2.63. The Labute approximate surface area is 472 Å². The van der Waals surface area contributed by atoms with Gasteiger partial charge in [-0.2, -0.15) is 5.26 Å². The van der Waals surface area contributed by atoms with Crippen LogP contribution >= 0.6 is 0 Å². The van der Waals surface area contributed by atoms with E-state index in [-0.39, 0.29) is 22.8 Å². The standard InChI is InChI=1S/C67H55NO14/c1-75-49-24-11-8-20-43(49)55-59(64(69)70)56(44-21-9-12-25-50(44)76-2)61(55)67(74)82-54-35-40(37-16-6-5-7-17-37)34-46(48(54)36-68)39-28-29-52(78-4)47(33-39)58-60(65(71)72)57(45-22-10-13-26-51(45)77-3)62(58)66(73)81-41-19-14-18-38(32-41)42-23-15-27-53-63(42)80-31-30-79-53/h5-29,32-35,55-62H,30-31H2,1-4H3,(H,69,70)(H,71,72)/t55-,56?,57?,58-,59-,60+,61?,62+/m0/s1. The highest BCUT2D eigenvalue weighted by atomic mass is 16.6. The normalized spacial score (nSPS) is 20.3. The molecular weight excluding hydrogens is 1040 g/mol. The van der Waals surface area contributed by atoms with E-state index in [1.165, 1.54) is 28.4 Å². The monoisotopic (exact) mass is 1100 g/mol. The van der Waals surface area contributed by atoms with E-state index < -0.39 is 71.2 Å². The summed E-state index contributed by atoms with van der Waals surface area (Å²) in [5.41, 5.74) is 5.14. The van der Waals surface area contributed by atoms with Crippen molar-refractivity contribution in [3.63, 3.8) is 0 Å². The van der Waals surface area contributed by atoms with Crippen molar-refractivity contribution in [1.82, 2.24) is 0 Å². The molecular formula is C67H55NO14. The summed E-state index contributed by atoms with van der Waals surface area (Å²) >= 11 is 0. The van der Waals surface area contributed by atoms with E-state index in [4.69, 9.17) is 37.9 Å². The van der Waals surface area contributed by atoms with Crippen LogP contribution in [0.25, 0.3) is 33.4 Å². The largest absolute Gasteiger partial charge is 0.496 e. The molecule has 2 N–H and O–H groups in total. The Morgan fingerprint density at radius 1 is 0.439 bits per heavy atom. The van der Waals surface area contributed by atoms with Gasteiger partial charge in [-0.3, -0.25) is 19.2 Å². The number of rotatable bonds is 17. The van der Waals surface area contributed by atoms with Gasteiger partial charge < -0.3 is 48.1 Å². The van der Waals surface area contributed by atoms with E-state index in [9.17, 15) is 25.1 Å². The highest BCUT2D eigenvalue weighted by Gasteiger charge is 2.62. The van der Waals surface area contributed by atoms with Gasteiger partial charge in [-0.15, -0.1) is 0 Å². The van der Waals surface area contributed by atoms with Gasteiger partial charge in [0.1, 0.15) is 59.3 Å². The average Bonchev–Trinajstić information content (AvgIpc) is 3.66. The molecule has 0 amide bonds. The van der Waals surface area contributed by atoms with Crippen LogP contribution in [0.15, 0.2) is 176 Å². The van der Waals surface area contributed by atoms with Gasteiger partial charge in [0, 0.05) is 34.8 Å². The molecule has 0 radical (unpaired) electrons. The lowest BCUT2D eigenvalue weighted by atomic mass is 9.52.